The van der Waals surface area contributed by atoms with Crippen LogP contribution in [0.3, 0.4) is 0 Å². The van der Waals surface area contributed by atoms with Crippen molar-refractivity contribution in [3.8, 4) is 0 Å². The van der Waals surface area contributed by atoms with E-state index in [-0.39, 0.29) is 0 Å². The molecule has 1 aliphatic heterocycles. The monoisotopic (exact) mass is 276 g/mol. The first-order valence-electron chi connectivity index (χ1n) is 8.28. The van der Waals surface area contributed by atoms with Gasteiger partial charge in [-0.2, -0.15) is 0 Å². The summed E-state index contributed by atoms with van der Waals surface area (Å²) in [5, 5.41) is 3.54. The first kappa shape index (κ1) is 14.2. The Labute approximate surface area is 122 Å². The van der Waals surface area contributed by atoms with E-state index in [4.69, 9.17) is 4.42 Å². The smallest absolute Gasteiger partial charge is 0.120 e. The molecule has 2 aliphatic rings. The van der Waals surface area contributed by atoms with E-state index in [9.17, 15) is 0 Å². The highest BCUT2D eigenvalue weighted by Crippen LogP contribution is 2.23. The van der Waals surface area contributed by atoms with Gasteiger partial charge in [0.05, 0.1) is 13.1 Å². The average Bonchev–Trinajstić information content (AvgIpc) is 3.20. The van der Waals surface area contributed by atoms with Crippen molar-refractivity contribution < 1.29 is 4.42 Å². The second-order valence-corrected chi connectivity index (χ2v) is 6.64. The van der Waals surface area contributed by atoms with E-state index in [0.29, 0.717) is 6.04 Å². The number of rotatable bonds is 5. The van der Waals surface area contributed by atoms with Gasteiger partial charge in [-0.15, -0.1) is 0 Å². The average molecular weight is 276 g/mol. The van der Waals surface area contributed by atoms with E-state index in [1.165, 1.54) is 50.6 Å². The molecule has 2 heterocycles. The van der Waals surface area contributed by atoms with Crippen LogP contribution in [0.1, 0.15) is 62.5 Å². The summed E-state index contributed by atoms with van der Waals surface area (Å²) < 4.78 is 6.08. The van der Waals surface area contributed by atoms with Gasteiger partial charge in [-0.05, 0) is 57.7 Å². The Balaban J connectivity index is 1.59. The molecule has 1 unspecified atom stereocenters. The largest absolute Gasteiger partial charge is 0.463 e. The fraction of sp³-hybridized carbons (Fsp3) is 0.765. The van der Waals surface area contributed by atoms with Crippen LogP contribution >= 0.6 is 0 Å². The van der Waals surface area contributed by atoms with E-state index in [2.05, 4.69) is 30.1 Å². The van der Waals surface area contributed by atoms with Gasteiger partial charge in [-0.3, -0.25) is 4.90 Å². The molecular formula is C17H28N2O. The van der Waals surface area contributed by atoms with E-state index >= 15 is 0 Å². The van der Waals surface area contributed by atoms with Crippen molar-refractivity contribution >= 4 is 0 Å². The maximum Gasteiger partial charge on any atom is 0.120 e. The molecule has 1 aliphatic carbocycles. The van der Waals surface area contributed by atoms with Gasteiger partial charge in [0.15, 0.2) is 0 Å². The Morgan fingerprint density at radius 3 is 2.90 bits per heavy atom. The standard InChI is InChI=1S/C17H28N2O/c1-13-10-16(20-17(13)11-18-15-7-8-15)12-19-9-5-3-4-6-14(19)2/h10,14-15,18H,3-9,11-12H2,1-2H3. The topological polar surface area (TPSA) is 28.4 Å². The van der Waals surface area contributed by atoms with Gasteiger partial charge in [-0.1, -0.05) is 12.8 Å². The van der Waals surface area contributed by atoms with Gasteiger partial charge in [0.2, 0.25) is 0 Å². The van der Waals surface area contributed by atoms with E-state index in [1.54, 1.807) is 0 Å². The van der Waals surface area contributed by atoms with Crippen molar-refractivity contribution in [2.24, 2.45) is 0 Å². The van der Waals surface area contributed by atoms with Crippen LogP contribution in [0.2, 0.25) is 0 Å². The predicted molar refractivity (Wildman–Crippen MR) is 81.6 cm³/mol. The van der Waals surface area contributed by atoms with E-state index in [0.717, 1.165) is 30.7 Å². The minimum atomic E-state index is 0.691. The van der Waals surface area contributed by atoms with Crippen LogP contribution in [0.5, 0.6) is 0 Å². The van der Waals surface area contributed by atoms with Crippen LogP contribution in [0.4, 0.5) is 0 Å². The van der Waals surface area contributed by atoms with Gasteiger partial charge >= 0.3 is 0 Å². The fourth-order valence-corrected chi connectivity index (χ4v) is 3.14. The molecule has 0 spiro atoms. The minimum Gasteiger partial charge on any atom is -0.463 e. The zero-order valence-corrected chi connectivity index (χ0v) is 13.0. The number of likely N-dealkylation sites (tertiary alicyclic amines) is 1. The third-order valence-corrected chi connectivity index (χ3v) is 4.75. The van der Waals surface area contributed by atoms with Crippen molar-refractivity contribution in [3.05, 3.63) is 23.2 Å². The highest BCUT2D eigenvalue weighted by atomic mass is 16.3. The third-order valence-electron chi connectivity index (χ3n) is 4.75. The number of furan rings is 1. The van der Waals surface area contributed by atoms with Gasteiger partial charge in [0.1, 0.15) is 11.5 Å². The summed E-state index contributed by atoms with van der Waals surface area (Å²) in [6.45, 7) is 7.62. The zero-order chi connectivity index (χ0) is 13.9. The Kier molecular flexibility index (Phi) is 4.47. The summed E-state index contributed by atoms with van der Waals surface area (Å²) in [5.41, 5.74) is 1.30. The summed E-state index contributed by atoms with van der Waals surface area (Å²) in [6, 6.07) is 3.67. The summed E-state index contributed by atoms with van der Waals surface area (Å²) >= 11 is 0. The van der Waals surface area contributed by atoms with Gasteiger partial charge in [-0.25, -0.2) is 0 Å². The van der Waals surface area contributed by atoms with E-state index < -0.39 is 0 Å². The molecule has 3 rings (SSSR count). The molecule has 3 heteroatoms. The highest BCUT2D eigenvalue weighted by Gasteiger charge is 2.22. The number of nitrogens with one attached hydrogen (secondary N) is 1. The molecule has 1 aromatic rings. The molecule has 1 atom stereocenters. The molecule has 0 bridgehead atoms. The van der Waals surface area contributed by atoms with Crippen LogP contribution < -0.4 is 5.32 Å². The van der Waals surface area contributed by atoms with Crippen molar-refractivity contribution in [2.45, 2.75) is 77.5 Å². The lowest BCUT2D eigenvalue weighted by molar-refractivity contribution is 0.188. The molecule has 112 valence electrons. The SMILES string of the molecule is Cc1cc(CN2CCCCCC2C)oc1CNC1CC1. The molecule has 3 nitrogen and oxygen atoms in total. The quantitative estimate of drug-likeness (QED) is 0.890. The maximum absolute atomic E-state index is 6.08. The second kappa shape index (κ2) is 6.31. The predicted octanol–water partition coefficient (Wildman–Crippen LogP) is 3.60. The molecule has 1 N–H and O–H groups in total. The molecule has 0 amide bonds. The first-order chi connectivity index (χ1) is 9.72. The molecule has 0 radical (unpaired) electrons. The molecule has 20 heavy (non-hydrogen) atoms. The maximum atomic E-state index is 6.08. The summed E-state index contributed by atoms with van der Waals surface area (Å²) in [4.78, 5) is 2.59. The Morgan fingerprint density at radius 2 is 2.10 bits per heavy atom. The van der Waals surface area contributed by atoms with Crippen molar-refractivity contribution in [1.29, 1.82) is 0 Å². The number of hydrogen-bond donors (Lipinski definition) is 1. The number of hydrogen-bond acceptors (Lipinski definition) is 3. The minimum absolute atomic E-state index is 0.691. The molecule has 1 saturated heterocycles. The summed E-state index contributed by atoms with van der Waals surface area (Å²) in [7, 11) is 0. The third kappa shape index (κ3) is 3.64. The Morgan fingerprint density at radius 1 is 1.25 bits per heavy atom. The van der Waals surface area contributed by atoms with Crippen molar-refractivity contribution in [1.82, 2.24) is 10.2 Å². The number of aryl methyl sites for hydroxylation is 1. The van der Waals surface area contributed by atoms with Gasteiger partial charge in [0.25, 0.3) is 0 Å². The van der Waals surface area contributed by atoms with Crippen molar-refractivity contribution in [3.63, 3.8) is 0 Å². The fourth-order valence-electron chi connectivity index (χ4n) is 3.14. The lowest BCUT2D eigenvalue weighted by Crippen LogP contribution is -2.31. The molecule has 1 saturated carbocycles. The summed E-state index contributed by atoms with van der Waals surface area (Å²) in [6.07, 6.45) is 8.09. The zero-order valence-electron chi connectivity index (χ0n) is 13.0. The van der Waals surface area contributed by atoms with Crippen molar-refractivity contribution in [2.75, 3.05) is 6.54 Å². The second-order valence-electron chi connectivity index (χ2n) is 6.64. The van der Waals surface area contributed by atoms with Crippen LogP contribution in [0, 0.1) is 6.92 Å². The lowest BCUT2D eigenvalue weighted by Gasteiger charge is -2.25. The molecule has 1 aromatic heterocycles. The Bertz CT molecular complexity index is 436. The molecule has 0 aromatic carbocycles. The highest BCUT2D eigenvalue weighted by molar-refractivity contribution is 5.20. The summed E-state index contributed by atoms with van der Waals surface area (Å²) in [5.74, 6) is 2.28. The lowest BCUT2D eigenvalue weighted by atomic mass is 10.1. The first-order valence-corrected chi connectivity index (χ1v) is 8.28. The molecule has 2 fully saturated rings. The number of nitrogens with zero attached hydrogens (tertiary/aromatic N) is 1. The van der Waals surface area contributed by atoms with Crippen LogP contribution in [-0.2, 0) is 13.1 Å². The van der Waals surface area contributed by atoms with Crippen LogP contribution in [0.15, 0.2) is 10.5 Å². The van der Waals surface area contributed by atoms with Crippen LogP contribution in [0.25, 0.3) is 0 Å². The van der Waals surface area contributed by atoms with Crippen LogP contribution in [-0.4, -0.2) is 23.5 Å². The molecular weight excluding hydrogens is 248 g/mol. The Hall–Kier alpha value is -0.800. The normalized spacial score (nSPS) is 24.8. The van der Waals surface area contributed by atoms with Gasteiger partial charge in [0, 0.05) is 12.1 Å². The van der Waals surface area contributed by atoms with Gasteiger partial charge < -0.3 is 9.73 Å². The van der Waals surface area contributed by atoms with E-state index in [1.807, 2.05) is 0 Å².